The van der Waals surface area contributed by atoms with Gasteiger partial charge in [-0.25, -0.2) is 0 Å². The summed E-state index contributed by atoms with van der Waals surface area (Å²) in [6.45, 7) is 1.18. The van der Waals surface area contributed by atoms with Crippen LogP contribution in [0, 0.1) is 6.92 Å². The summed E-state index contributed by atoms with van der Waals surface area (Å²) >= 11 is 4.74. The Labute approximate surface area is 129 Å². The van der Waals surface area contributed by atoms with Crippen molar-refractivity contribution in [3.63, 3.8) is 0 Å². The first-order valence-electron chi connectivity index (χ1n) is 4.20. The summed E-state index contributed by atoms with van der Waals surface area (Å²) in [7, 11) is 0.628. The van der Waals surface area contributed by atoms with Gasteiger partial charge in [-0.2, -0.15) is 26.3 Å². The molecular weight excluding hydrogens is 527 g/mol. The SMILES string of the molecule is Cc1cc(C(F)(F)F)cc(C(F)(F)F)c1.[I][V][I]. The van der Waals surface area contributed by atoms with Crippen LogP contribution < -0.4 is 0 Å². The van der Waals surface area contributed by atoms with Crippen LogP contribution in [-0.2, 0) is 21.8 Å². The van der Waals surface area contributed by atoms with E-state index in [1.54, 1.807) is 0 Å². The van der Waals surface area contributed by atoms with Gasteiger partial charge in [-0.1, -0.05) is 0 Å². The molecule has 0 saturated heterocycles. The summed E-state index contributed by atoms with van der Waals surface area (Å²) < 4.78 is 73.0. The minimum absolute atomic E-state index is 0.0721. The molecule has 1 aromatic carbocycles. The van der Waals surface area contributed by atoms with Gasteiger partial charge in [0.2, 0.25) is 0 Å². The molecule has 0 atom stereocenters. The van der Waals surface area contributed by atoms with E-state index in [4.69, 9.17) is 0 Å². The predicted molar refractivity (Wildman–Crippen MR) is 69.2 cm³/mol. The molecule has 0 aliphatic carbocycles. The van der Waals surface area contributed by atoms with Gasteiger partial charge in [0.1, 0.15) is 0 Å². The summed E-state index contributed by atoms with van der Waals surface area (Å²) in [5, 5.41) is 0. The molecule has 0 fully saturated rings. The number of halogens is 8. The molecule has 0 bridgehead atoms. The van der Waals surface area contributed by atoms with Crippen molar-refractivity contribution in [1.82, 2.24) is 0 Å². The summed E-state index contributed by atoms with van der Waals surface area (Å²) in [6, 6.07) is 1.46. The molecule has 0 nitrogen and oxygen atoms in total. The Kier molecular flexibility index (Phi) is 7.94. The third-order valence-corrected chi connectivity index (χ3v) is 1.73. The van der Waals surface area contributed by atoms with Crippen molar-refractivity contribution in [1.29, 1.82) is 0 Å². The van der Waals surface area contributed by atoms with Crippen LogP contribution in [0.2, 0.25) is 0 Å². The fourth-order valence-electron chi connectivity index (χ4n) is 1.11. The molecule has 0 aliphatic rings. The van der Waals surface area contributed by atoms with Crippen LogP contribution in [0.1, 0.15) is 16.7 Å². The second-order valence-corrected chi connectivity index (χ2v) is 14.9. The summed E-state index contributed by atoms with van der Waals surface area (Å²) in [4.78, 5) is 0. The van der Waals surface area contributed by atoms with Gasteiger partial charge < -0.3 is 0 Å². The fraction of sp³-hybridized carbons (Fsp3) is 0.333. The van der Waals surface area contributed by atoms with E-state index in [-0.39, 0.29) is 11.6 Å². The van der Waals surface area contributed by atoms with E-state index in [0.29, 0.717) is 21.6 Å². The Bertz CT molecular complexity index is 355. The zero-order valence-electron chi connectivity index (χ0n) is 8.70. The van der Waals surface area contributed by atoms with Crippen LogP contribution >= 0.6 is 40.0 Å². The van der Waals surface area contributed by atoms with Crippen molar-refractivity contribution in [3.05, 3.63) is 34.9 Å². The monoisotopic (exact) mass is 533 g/mol. The zero-order valence-corrected chi connectivity index (χ0v) is 14.4. The predicted octanol–water partition coefficient (Wildman–Crippen LogP) is 5.80. The third kappa shape index (κ3) is 6.85. The molecule has 0 saturated carbocycles. The second kappa shape index (κ2) is 7.58. The molecule has 1 aromatic rings. The first-order valence-corrected chi connectivity index (χ1v) is 13.2. The zero-order chi connectivity index (χ0) is 14.6. The quantitative estimate of drug-likeness (QED) is 0.293. The molecule has 0 spiro atoms. The van der Waals surface area contributed by atoms with Crippen molar-refractivity contribution < 1.29 is 35.8 Å². The molecule has 103 valence electrons. The molecular formula is C9H6F6I2V. The van der Waals surface area contributed by atoms with Gasteiger partial charge >= 0.3 is 61.8 Å². The van der Waals surface area contributed by atoms with Gasteiger partial charge in [-0.15, -0.1) is 0 Å². The van der Waals surface area contributed by atoms with Crippen LogP contribution in [0.15, 0.2) is 18.2 Å². The van der Waals surface area contributed by atoms with Crippen molar-refractivity contribution in [2.75, 3.05) is 0 Å². The maximum atomic E-state index is 12.2. The standard InChI is InChI=1S/C9H6F6.2HI.V/c1-5-2-6(8(10,11)12)4-7(3-5)9(13,14)15;;;/h2-4H,1H3;2*1H;/q;;;+2/p-2. The van der Waals surface area contributed by atoms with Crippen LogP contribution in [0.5, 0.6) is 0 Å². The van der Waals surface area contributed by atoms with E-state index in [2.05, 4.69) is 40.0 Å². The number of hydrogen-bond acceptors (Lipinski definition) is 0. The van der Waals surface area contributed by atoms with Crippen LogP contribution in [0.25, 0.3) is 0 Å². The summed E-state index contributed by atoms with van der Waals surface area (Å²) in [5.74, 6) is 0. The second-order valence-electron chi connectivity index (χ2n) is 3.15. The average molecular weight is 533 g/mol. The molecule has 0 aliphatic heterocycles. The minimum atomic E-state index is -4.76. The molecule has 0 amide bonds. The number of rotatable bonds is 0. The van der Waals surface area contributed by atoms with E-state index >= 15 is 0 Å². The van der Waals surface area contributed by atoms with Gasteiger partial charge in [0.05, 0.1) is 11.1 Å². The Morgan fingerprint density at radius 3 is 1.33 bits per heavy atom. The van der Waals surface area contributed by atoms with E-state index < -0.39 is 23.5 Å². The van der Waals surface area contributed by atoms with Crippen molar-refractivity contribution in [2.24, 2.45) is 0 Å². The molecule has 18 heavy (non-hydrogen) atoms. The van der Waals surface area contributed by atoms with Gasteiger partial charge in [0.25, 0.3) is 0 Å². The van der Waals surface area contributed by atoms with E-state index in [1.807, 2.05) is 0 Å². The number of alkyl halides is 6. The van der Waals surface area contributed by atoms with Gasteiger partial charge in [0, 0.05) is 0 Å². The number of aryl methyl sites for hydroxylation is 1. The number of hydrogen-bond donors (Lipinski definition) is 0. The van der Waals surface area contributed by atoms with Crippen LogP contribution in [0.3, 0.4) is 0 Å². The van der Waals surface area contributed by atoms with Gasteiger partial charge in [-0.3, -0.25) is 0 Å². The number of benzene rings is 1. The maximum absolute atomic E-state index is 12.2. The normalized spacial score (nSPS) is 11.6. The summed E-state index contributed by atoms with van der Waals surface area (Å²) in [5.41, 5.74) is -2.64. The van der Waals surface area contributed by atoms with Gasteiger partial charge in [-0.05, 0) is 30.7 Å². The molecule has 0 heterocycles. The Morgan fingerprint density at radius 2 is 1.11 bits per heavy atom. The topological polar surface area (TPSA) is 0 Å². The molecule has 0 aromatic heterocycles. The van der Waals surface area contributed by atoms with Gasteiger partial charge in [0.15, 0.2) is 0 Å². The molecule has 9 heteroatoms. The van der Waals surface area contributed by atoms with E-state index in [1.165, 1.54) is 6.92 Å². The van der Waals surface area contributed by atoms with Crippen molar-refractivity contribution >= 4 is 40.0 Å². The molecule has 0 radical (unpaired) electrons. The first-order chi connectivity index (χ1) is 8.02. The Morgan fingerprint density at radius 1 is 0.833 bits per heavy atom. The van der Waals surface area contributed by atoms with E-state index in [0.717, 1.165) is 0 Å². The third-order valence-electron chi connectivity index (χ3n) is 1.73. The van der Waals surface area contributed by atoms with Crippen LogP contribution in [-0.4, -0.2) is 0 Å². The van der Waals surface area contributed by atoms with Crippen LogP contribution in [0.4, 0.5) is 26.3 Å². The first kappa shape index (κ1) is 18.8. The summed E-state index contributed by atoms with van der Waals surface area (Å²) in [6.07, 6.45) is -9.52. The Balaban J connectivity index is 0.000000873. The molecule has 0 N–H and O–H groups in total. The fourth-order valence-corrected chi connectivity index (χ4v) is 1.11. The van der Waals surface area contributed by atoms with E-state index in [9.17, 15) is 26.3 Å². The van der Waals surface area contributed by atoms with Crippen molar-refractivity contribution in [3.8, 4) is 0 Å². The Hall–Kier alpha value is 0.844. The average Bonchev–Trinajstić information content (AvgIpc) is 2.15. The molecule has 0 unspecified atom stereocenters. The molecule has 1 rings (SSSR count). The van der Waals surface area contributed by atoms with Crippen molar-refractivity contribution in [2.45, 2.75) is 19.3 Å².